The Morgan fingerprint density at radius 3 is 2.43 bits per heavy atom. The number of aromatic nitrogens is 2. The van der Waals surface area contributed by atoms with Gasteiger partial charge in [-0.3, -0.25) is 9.59 Å². The van der Waals surface area contributed by atoms with Crippen LogP contribution in [-0.2, 0) is 6.42 Å². The van der Waals surface area contributed by atoms with Gasteiger partial charge in [-0.2, -0.15) is 4.98 Å². The Morgan fingerprint density at radius 2 is 1.71 bits per heavy atom. The number of halogens is 1. The van der Waals surface area contributed by atoms with Gasteiger partial charge in [0.2, 0.25) is 0 Å². The molecular formula is C26H30FN5O3. The second-order valence-electron chi connectivity index (χ2n) is 8.73. The molecule has 0 radical (unpaired) electrons. The lowest BCUT2D eigenvalue weighted by molar-refractivity contribution is 0.0795. The third-order valence-corrected chi connectivity index (χ3v) is 6.13. The fourth-order valence-electron chi connectivity index (χ4n) is 4.03. The van der Waals surface area contributed by atoms with Gasteiger partial charge >= 0.3 is 0 Å². The number of piperidine rings is 1. The van der Waals surface area contributed by atoms with Gasteiger partial charge in [-0.05, 0) is 74.5 Å². The highest BCUT2D eigenvalue weighted by Gasteiger charge is 2.15. The van der Waals surface area contributed by atoms with Crippen molar-refractivity contribution in [2.75, 3.05) is 39.8 Å². The lowest BCUT2D eigenvalue weighted by Crippen LogP contribution is -2.37. The molecule has 0 spiro atoms. The maximum atomic E-state index is 13.1. The molecule has 0 aliphatic carbocycles. The van der Waals surface area contributed by atoms with Crippen LogP contribution in [-0.4, -0.2) is 71.5 Å². The lowest BCUT2D eigenvalue weighted by atomic mass is 10.1. The number of likely N-dealkylation sites (N-methyl/N-ethyl adjacent to an activating group) is 1. The number of likely N-dealkylation sites (tertiary alicyclic amines) is 1. The molecule has 4 rings (SSSR count). The van der Waals surface area contributed by atoms with Gasteiger partial charge < -0.3 is 19.6 Å². The number of nitrogens with zero attached hydrogens (tertiary/aromatic N) is 4. The van der Waals surface area contributed by atoms with E-state index in [1.165, 1.54) is 48.4 Å². The zero-order chi connectivity index (χ0) is 24.6. The van der Waals surface area contributed by atoms with Crippen molar-refractivity contribution in [3.63, 3.8) is 0 Å². The van der Waals surface area contributed by atoms with Crippen LogP contribution >= 0.6 is 0 Å². The normalized spacial score (nSPS) is 14.0. The molecule has 9 heteroatoms. The van der Waals surface area contributed by atoms with E-state index < -0.39 is 0 Å². The van der Waals surface area contributed by atoms with Crippen molar-refractivity contribution < 1.29 is 18.5 Å². The molecule has 1 aliphatic rings. The summed E-state index contributed by atoms with van der Waals surface area (Å²) in [6.07, 6.45) is 4.17. The van der Waals surface area contributed by atoms with Crippen LogP contribution in [0.5, 0.6) is 0 Å². The Kier molecular flexibility index (Phi) is 8.20. The van der Waals surface area contributed by atoms with E-state index in [0.717, 1.165) is 19.6 Å². The molecule has 2 heterocycles. The van der Waals surface area contributed by atoms with Gasteiger partial charge in [0.25, 0.3) is 17.7 Å². The van der Waals surface area contributed by atoms with Gasteiger partial charge in [-0.1, -0.05) is 11.6 Å². The fraction of sp³-hybridized carbons (Fsp3) is 0.385. The molecular weight excluding hydrogens is 449 g/mol. The Hall–Kier alpha value is -3.59. The highest BCUT2D eigenvalue weighted by Crippen LogP contribution is 2.18. The SMILES string of the molecule is CN(CCc1noc(-c2ccc(C(=O)NCCN3CCCCC3)cc2)n1)C(=O)c1ccc(F)cc1. The minimum Gasteiger partial charge on any atom is -0.351 e. The summed E-state index contributed by atoms with van der Waals surface area (Å²) < 4.78 is 18.4. The molecule has 0 atom stereocenters. The number of hydrogen-bond donors (Lipinski definition) is 1. The van der Waals surface area contributed by atoms with Crippen molar-refractivity contribution in [2.24, 2.45) is 0 Å². The Labute approximate surface area is 204 Å². The van der Waals surface area contributed by atoms with Crippen LogP contribution in [0.2, 0.25) is 0 Å². The molecule has 1 fully saturated rings. The van der Waals surface area contributed by atoms with Crippen LogP contribution in [0, 0.1) is 5.82 Å². The summed E-state index contributed by atoms with van der Waals surface area (Å²) in [4.78, 5) is 33.2. The second kappa shape index (κ2) is 11.7. The van der Waals surface area contributed by atoms with Crippen LogP contribution in [0.4, 0.5) is 4.39 Å². The predicted octanol–water partition coefficient (Wildman–Crippen LogP) is 3.41. The van der Waals surface area contributed by atoms with E-state index in [1.54, 1.807) is 31.3 Å². The minimum atomic E-state index is -0.384. The third-order valence-electron chi connectivity index (χ3n) is 6.13. The maximum Gasteiger partial charge on any atom is 0.257 e. The molecule has 0 unspecified atom stereocenters. The average molecular weight is 480 g/mol. The summed E-state index contributed by atoms with van der Waals surface area (Å²) in [6, 6.07) is 12.5. The summed E-state index contributed by atoms with van der Waals surface area (Å²) in [5, 5.41) is 6.97. The first-order chi connectivity index (χ1) is 17.0. The number of amides is 2. The van der Waals surface area contributed by atoms with Gasteiger partial charge in [0.05, 0.1) is 0 Å². The summed E-state index contributed by atoms with van der Waals surface area (Å²) in [5.41, 5.74) is 1.70. The van der Waals surface area contributed by atoms with Crippen molar-refractivity contribution in [3.8, 4) is 11.5 Å². The highest BCUT2D eigenvalue weighted by atomic mass is 19.1. The maximum absolute atomic E-state index is 13.1. The average Bonchev–Trinajstić information content (AvgIpc) is 3.37. The number of carbonyl (C=O) groups is 2. The molecule has 35 heavy (non-hydrogen) atoms. The number of hydrogen-bond acceptors (Lipinski definition) is 6. The van der Waals surface area contributed by atoms with Gasteiger partial charge in [0, 0.05) is 49.8 Å². The van der Waals surface area contributed by atoms with E-state index in [1.807, 2.05) is 0 Å². The first-order valence-electron chi connectivity index (χ1n) is 11.9. The van der Waals surface area contributed by atoms with E-state index in [0.29, 0.717) is 47.9 Å². The lowest BCUT2D eigenvalue weighted by Gasteiger charge is -2.26. The van der Waals surface area contributed by atoms with Crippen LogP contribution in [0.1, 0.15) is 45.8 Å². The van der Waals surface area contributed by atoms with E-state index in [4.69, 9.17) is 4.52 Å². The molecule has 0 bridgehead atoms. The molecule has 1 saturated heterocycles. The zero-order valence-corrected chi connectivity index (χ0v) is 19.9. The summed E-state index contributed by atoms with van der Waals surface area (Å²) >= 11 is 0. The van der Waals surface area contributed by atoms with Crippen LogP contribution in [0.15, 0.2) is 53.1 Å². The van der Waals surface area contributed by atoms with E-state index in [9.17, 15) is 14.0 Å². The fourth-order valence-corrected chi connectivity index (χ4v) is 4.03. The van der Waals surface area contributed by atoms with Gasteiger partial charge in [0.1, 0.15) is 5.82 Å². The van der Waals surface area contributed by atoms with Gasteiger partial charge in [0.15, 0.2) is 5.82 Å². The van der Waals surface area contributed by atoms with E-state index >= 15 is 0 Å². The smallest absolute Gasteiger partial charge is 0.257 e. The molecule has 1 aliphatic heterocycles. The van der Waals surface area contributed by atoms with Crippen molar-refractivity contribution in [1.29, 1.82) is 0 Å². The molecule has 8 nitrogen and oxygen atoms in total. The minimum absolute atomic E-state index is 0.103. The number of rotatable bonds is 9. The number of benzene rings is 2. The Bertz CT molecular complexity index is 1120. The molecule has 3 aromatic rings. The Morgan fingerprint density at radius 1 is 1.03 bits per heavy atom. The Balaban J connectivity index is 1.26. The molecule has 2 aromatic carbocycles. The van der Waals surface area contributed by atoms with E-state index in [-0.39, 0.29) is 17.6 Å². The predicted molar refractivity (Wildman–Crippen MR) is 129 cm³/mol. The van der Waals surface area contributed by atoms with Crippen molar-refractivity contribution >= 4 is 11.8 Å². The monoisotopic (exact) mass is 479 g/mol. The molecule has 1 N–H and O–H groups in total. The zero-order valence-electron chi connectivity index (χ0n) is 19.9. The van der Waals surface area contributed by atoms with Crippen molar-refractivity contribution in [3.05, 3.63) is 71.3 Å². The second-order valence-corrected chi connectivity index (χ2v) is 8.73. The third kappa shape index (κ3) is 6.73. The van der Waals surface area contributed by atoms with Crippen molar-refractivity contribution in [2.45, 2.75) is 25.7 Å². The first-order valence-corrected chi connectivity index (χ1v) is 11.9. The molecule has 184 valence electrons. The van der Waals surface area contributed by atoms with Crippen molar-refractivity contribution in [1.82, 2.24) is 25.3 Å². The summed E-state index contributed by atoms with van der Waals surface area (Å²) in [7, 11) is 1.67. The topological polar surface area (TPSA) is 91.6 Å². The van der Waals surface area contributed by atoms with Crippen LogP contribution < -0.4 is 5.32 Å². The quantitative estimate of drug-likeness (QED) is 0.506. The van der Waals surface area contributed by atoms with Gasteiger partial charge in [-0.15, -0.1) is 0 Å². The van der Waals surface area contributed by atoms with Crippen LogP contribution in [0.25, 0.3) is 11.5 Å². The largest absolute Gasteiger partial charge is 0.351 e. The number of nitrogens with one attached hydrogen (secondary N) is 1. The van der Waals surface area contributed by atoms with E-state index in [2.05, 4.69) is 20.4 Å². The molecule has 2 amide bonds. The highest BCUT2D eigenvalue weighted by molar-refractivity contribution is 5.94. The number of carbonyl (C=O) groups excluding carboxylic acids is 2. The van der Waals surface area contributed by atoms with Gasteiger partial charge in [-0.25, -0.2) is 4.39 Å². The molecule has 0 saturated carbocycles. The summed E-state index contributed by atoms with van der Waals surface area (Å²) in [5.74, 6) is 0.125. The molecule has 1 aromatic heterocycles. The summed E-state index contributed by atoms with van der Waals surface area (Å²) in [6.45, 7) is 4.10. The van der Waals surface area contributed by atoms with Crippen LogP contribution in [0.3, 0.4) is 0 Å². The standard InChI is InChI=1S/C26H30FN5O3/c1-31(26(34)21-9-11-22(27)12-10-21)17-13-23-29-25(35-30-23)20-7-5-19(6-8-20)24(33)28-14-18-32-15-3-2-4-16-32/h5-12H,2-4,13-18H2,1H3,(H,28,33). The first kappa shape index (κ1) is 24.5.